The molecule has 2 aliphatic rings. The number of urea groups is 1. The fourth-order valence-corrected chi connectivity index (χ4v) is 4.23. The number of amides is 2. The molecule has 2 fully saturated rings. The SMILES string of the molecule is Cc1cc(CNC(=O)N(C2CC2)[C@@H]2CCCN(c3nccc(C(=O)O)n3)C2)c(F)cc1Cl. The highest BCUT2D eigenvalue weighted by Gasteiger charge is 2.39. The molecule has 170 valence electrons. The second-order valence-electron chi connectivity index (χ2n) is 8.28. The van der Waals surface area contributed by atoms with Crippen LogP contribution in [0.1, 0.15) is 47.3 Å². The number of aromatic carboxylic acids is 1. The van der Waals surface area contributed by atoms with E-state index in [1.165, 1.54) is 18.3 Å². The molecule has 0 unspecified atom stereocenters. The van der Waals surface area contributed by atoms with Crippen molar-refractivity contribution < 1.29 is 19.1 Å². The van der Waals surface area contributed by atoms with Crippen LogP contribution in [-0.2, 0) is 6.54 Å². The number of nitrogens with zero attached hydrogens (tertiary/aromatic N) is 4. The number of hydrogen-bond donors (Lipinski definition) is 2. The van der Waals surface area contributed by atoms with Crippen LogP contribution in [0.3, 0.4) is 0 Å². The lowest BCUT2D eigenvalue weighted by Crippen LogP contribution is -2.54. The number of rotatable bonds is 6. The maximum absolute atomic E-state index is 14.2. The van der Waals surface area contributed by atoms with Gasteiger partial charge in [-0.15, -0.1) is 0 Å². The summed E-state index contributed by atoms with van der Waals surface area (Å²) in [4.78, 5) is 36.5. The average molecular weight is 462 g/mol. The molecule has 1 aromatic heterocycles. The molecule has 1 aromatic carbocycles. The van der Waals surface area contributed by atoms with E-state index in [2.05, 4.69) is 15.3 Å². The fourth-order valence-electron chi connectivity index (χ4n) is 4.08. The predicted octanol–water partition coefficient (Wildman–Crippen LogP) is 3.62. The second-order valence-corrected chi connectivity index (χ2v) is 8.69. The van der Waals surface area contributed by atoms with Gasteiger partial charge in [0.1, 0.15) is 5.82 Å². The monoisotopic (exact) mass is 461 g/mol. The van der Waals surface area contributed by atoms with Gasteiger partial charge >= 0.3 is 12.0 Å². The molecule has 0 spiro atoms. The van der Waals surface area contributed by atoms with E-state index < -0.39 is 11.8 Å². The van der Waals surface area contributed by atoms with Crippen molar-refractivity contribution in [3.05, 3.63) is 52.1 Å². The van der Waals surface area contributed by atoms with E-state index in [-0.39, 0.29) is 30.4 Å². The van der Waals surface area contributed by atoms with Crippen LogP contribution in [0, 0.1) is 12.7 Å². The van der Waals surface area contributed by atoms with Crippen molar-refractivity contribution >= 4 is 29.5 Å². The number of anilines is 1. The molecule has 0 radical (unpaired) electrons. The van der Waals surface area contributed by atoms with E-state index in [4.69, 9.17) is 11.6 Å². The number of hydrogen-bond acceptors (Lipinski definition) is 5. The zero-order valence-electron chi connectivity index (χ0n) is 17.7. The number of halogens is 2. The molecule has 10 heteroatoms. The highest BCUT2D eigenvalue weighted by molar-refractivity contribution is 6.31. The first kappa shape index (κ1) is 22.3. The van der Waals surface area contributed by atoms with Crippen LogP contribution in [0.5, 0.6) is 0 Å². The topological polar surface area (TPSA) is 98.7 Å². The van der Waals surface area contributed by atoms with Gasteiger partial charge in [0.15, 0.2) is 5.69 Å². The lowest BCUT2D eigenvalue weighted by Gasteiger charge is -2.39. The van der Waals surface area contributed by atoms with E-state index in [9.17, 15) is 19.1 Å². The quantitative estimate of drug-likeness (QED) is 0.681. The van der Waals surface area contributed by atoms with Gasteiger partial charge in [0.2, 0.25) is 5.95 Å². The molecule has 2 aromatic rings. The van der Waals surface area contributed by atoms with Gasteiger partial charge in [-0.2, -0.15) is 0 Å². The van der Waals surface area contributed by atoms with E-state index in [1.807, 2.05) is 9.80 Å². The summed E-state index contributed by atoms with van der Waals surface area (Å²) in [6, 6.07) is 4.13. The van der Waals surface area contributed by atoms with E-state index in [0.717, 1.165) is 31.2 Å². The fraction of sp³-hybridized carbons (Fsp3) is 0.455. The highest BCUT2D eigenvalue weighted by Crippen LogP contribution is 2.32. The Morgan fingerprint density at radius 3 is 2.81 bits per heavy atom. The Hall–Kier alpha value is -2.94. The first-order chi connectivity index (χ1) is 15.3. The molecule has 4 rings (SSSR count). The Morgan fingerprint density at radius 2 is 2.09 bits per heavy atom. The number of aromatic nitrogens is 2. The van der Waals surface area contributed by atoms with Crippen molar-refractivity contribution in [2.75, 3.05) is 18.0 Å². The second kappa shape index (κ2) is 9.28. The van der Waals surface area contributed by atoms with Crippen LogP contribution in [-0.4, -0.2) is 57.1 Å². The van der Waals surface area contributed by atoms with Gasteiger partial charge in [-0.1, -0.05) is 11.6 Å². The van der Waals surface area contributed by atoms with Gasteiger partial charge in [-0.25, -0.2) is 23.9 Å². The summed E-state index contributed by atoms with van der Waals surface area (Å²) >= 11 is 5.96. The molecule has 0 bridgehead atoms. The summed E-state index contributed by atoms with van der Waals surface area (Å²) in [5.41, 5.74) is 1.08. The minimum absolute atomic E-state index is 0.0609. The van der Waals surface area contributed by atoms with Crippen LogP contribution >= 0.6 is 11.6 Å². The van der Waals surface area contributed by atoms with Crippen LogP contribution in [0.15, 0.2) is 24.4 Å². The van der Waals surface area contributed by atoms with Crippen molar-refractivity contribution in [3.8, 4) is 0 Å². The molecule has 2 N–H and O–H groups in total. The maximum Gasteiger partial charge on any atom is 0.354 e. The molecule has 1 aliphatic carbocycles. The number of piperidine rings is 1. The molecular formula is C22H25ClFN5O3. The molecule has 1 aliphatic heterocycles. The van der Waals surface area contributed by atoms with Crippen molar-refractivity contribution in [1.82, 2.24) is 20.2 Å². The molecule has 1 saturated carbocycles. The van der Waals surface area contributed by atoms with E-state index in [0.29, 0.717) is 29.6 Å². The maximum atomic E-state index is 14.2. The van der Waals surface area contributed by atoms with Crippen LogP contribution < -0.4 is 10.2 Å². The Bertz CT molecular complexity index is 1030. The van der Waals surface area contributed by atoms with Gasteiger partial charge < -0.3 is 20.2 Å². The Kier molecular flexibility index (Phi) is 6.45. The Morgan fingerprint density at radius 1 is 1.31 bits per heavy atom. The van der Waals surface area contributed by atoms with E-state index in [1.54, 1.807) is 13.0 Å². The smallest absolute Gasteiger partial charge is 0.354 e. The van der Waals surface area contributed by atoms with E-state index >= 15 is 0 Å². The zero-order valence-corrected chi connectivity index (χ0v) is 18.5. The summed E-state index contributed by atoms with van der Waals surface area (Å²) < 4.78 is 14.2. The van der Waals surface area contributed by atoms with Gasteiger partial charge in [-0.05, 0) is 56.4 Å². The standard InChI is InChI=1S/C22H25ClFN5O3/c1-13-9-14(18(24)10-17(13)23)11-26-22(32)29(15-4-5-15)16-3-2-8-28(12-16)21-25-7-6-19(27-21)20(30)31/h6-7,9-10,15-16H,2-5,8,11-12H2,1H3,(H,26,32)(H,30,31)/t16-/m1/s1. The third-order valence-electron chi connectivity index (χ3n) is 5.87. The molecular weight excluding hydrogens is 437 g/mol. The Labute approximate surface area is 190 Å². The number of nitrogens with one attached hydrogen (secondary N) is 1. The van der Waals surface area contributed by atoms with Gasteiger partial charge in [0.25, 0.3) is 0 Å². The summed E-state index contributed by atoms with van der Waals surface area (Å²) in [6.07, 6.45) is 4.95. The van der Waals surface area contributed by atoms with Crippen LogP contribution in [0.25, 0.3) is 0 Å². The van der Waals surface area contributed by atoms with Crippen molar-refractivity contribution in [2.45, 2.75) is 51.2 Å². The molecule has 2 amide bonds. The average Bonchev–Trinajstić information content (AvgIpc) is 3.61. The van der Waals surface area contributed by atoms with Gasteiger partial charge in [-0.3, -0.25) is 0 Å². The lowest BCUT2D eigenvalue weighted by atomic mass is 10.0. The summed E-state index contributed by atoms with van der Waals surface area (Å²) in [5, 5.41) is 12.4. The van der Waals surface area contributed by atoms with Crippen LogP contribution in [0.2, 0.25) is 5.02 Å². The molecule has 1 saturated heterocycles. The largest absolute Gasteiger partial charge is 0.477 e. The third-order valence-corrected chi connectivity index (χ3v) is 6.27. The minimum atomic E-state index is -1.11. The van der Waals surface area contributed by atoms with Crippen molar-refractivity contribution in [2.24, 2.45) is 0 Å². The number of aryl methyl sites for hydroxylation is 1. The molecule has 8 nitrogen and oxygen atoms in total. The van der Waals surface area contributed by atoms with Crippen molar-refractivity contribution in [3.63, 3.8) is 0 Å². The Balaban J connectivity index is 1.45. The third kappa shape index (κ3) is 4.93. The first-order valence-corrected chi connectivity index (χ1v) is 11.0. The summed E-state index contributed by atoms with van der Waals surface area (Å²) in [6.45, 7) is 3.07. The molecule has 1 atom stereocenters. The number of benzene rings is 1. The number of carboxylic acid groups (broad SMARTS) is 1. The highest BCUT2D eigenvalue weighted by atomic mass is 35.5. The zero-order chi connectivity index (χ0) is 22.8. The normalized spacial score (nSPS) is 18.3. The minimum Gasteiger partial charge on any atom is -0.477 e. The first-order valence-electron chi connectivity index (χ1n) is 10.7. The van der Waals surface area contributed by atoms with Gasteiger partial charge in [0.05, 0.1) is 6.04 Å². The molecule has 2 heterocycles. The van der Waals surface area contributed by atoms with Crippen molar-refractivity contribution in [1.29, 1.82) is 0 Å². The molecule has 32 heavy (non-hydrogen) atoms. The van der Waals surface area contributed by atoms with Gasteiger partial charge in [0, 0.05) is 42.5 Å². The number of carboxylic acids is 1. The summed E-state index contributed by atoms with van der Waals surface area (Å²) in [7, 11) is 0. The number of carbonyl (C=O) groups excluding carboxylic acids is 1. The number of carbonyl (C=O) groups is 2. The predicted molar refractivity (Wildman–Crippen MR) is 117 cm³/mol. The lowest BCUT2D eigenvalue weighted by molar-refractivity contribution is 0.0690. The van der Waals surface area contributed by atoms with Crippen LogP contribution in [0.4, 0.5) is 15.1 Å². The summed E-state index contributed by atoms with van der Waals surface area (Å²) in [5.74, 6) is -1.20.